The van der Waals surface area contributed by atoms with Crippen LogP contribution in [0.3, 0.4) is 0 Å². The summed E-state index contributed by atoms with van der Waals surface area (Å²) < 4.78 is 4.37. The number of allylic oxidation sites excluding steroid dienone is 1. The molecule has 0 spiro atoms. The van der Waals surface area contributed by atoms with Crippen molar-refractivity contribution in [2.24, 2.45) is 0 Å². The van der Waals surface area contributed by atoms with Crippen LogP contribution in [-0.2, 0) is 9.53 Å². The smallest absolute Gasteiger partial charge is 0.422 e. The first-order chi connectivity index (χ1) is 10.4. The van der Waals surface area contributed by atoms with Gasteiger partial charge in [-0.15, -0.1) is 0 Å². The van der Waals surface area contributed by atoms with Gasteiger partial charge in [-0.3, -0.25) is 0 Å². The molecule has 0 aromatic heterocycles. The van der Waals surface area contributed by atoms with Gasteiger partial charge in [-0.2, -0.15) is 0 Å². The molecule has 0 aliphatic heterocycles. The van der Waals surface area contributed by atoms with Crippen LogP contribution in [0.5, 0.6) is 0 Å². The molecule has 0 aromatic rings. The van der Waals surface area contributed by atoms with Crippen LogP contribution < -0.4 is 0 Å². The third kappa shape index (κ3) is 19.2. The Kier molecular flexibility index (Phi) is 18.5. The number of carbonyl (C=O) groups excluding carboxylic acids is 1. The molecule has 1 radical (unpaired) electrons. The molecule has 0 amide bonds. The Morgan fingerprint density at radius 2 is 1.14 bits per heavy atom. The van der Waals surface area contributed by atoms with Gasteiger partial charge in [-0.1, -0.05) is 90.4 Å². The average molecular weight is 295 g/mol. The average Bonchev–Trinajstić information content (AvgIpc) is 2.50. The maximum atomic E-state index is 9.77. The summed E-state index contributed by atoms with van der Waals surface area (Å²) >= 11 is 0. The summed E-state index contributed by atoms with van der Waals surface area (Å²) in [4.78, 5) is 9.77. The van der Waals surface area contributed by atoms with Crippen molar-refractivity contribution in [3.8, 4) is 0 Å². The van der Waals surface area contributed by atoms with Crippen LogP contribution in [-0.4, -0.2) is 6.47 Å². The van der Waals surface area contributed by atoms with E-state index in [1.807, 2.05) is 6.08 Å². The Balaban J connectivity index is 2.98. The summed E-state index contributed by atoms with van der Waals surface area (Å²) in [6.07, 6.45) is 23.7. The molecule has 0 rings (SSSR count). The lowest BCUT2D eigenvalue weighted by atomic mass is 10.0. The molecule has 2 heteroatoms. The van der Waals surface area contributed by atoms with Crippen molar-refractivity contribution >= 4 is 6.47 Å². The lowest BCUT2D eigenvalue weighted by Gasteiger charge is -2.02. The van der Waals surface area contributed by atoms with Gasteiger partial charge in [0.05, 0.1) is 6.26 Å². The van der Waals surface area contributed by atoms with Gasteiger partial charge in [0.15, 0.2) is 0 Å². The van der Waals surface area contributed by atoms with Crippen LogP contribution in [0, 0.1) is 0 Å². The topological polar surface area (TPSA) is 26.3 Å². The van der Waals surface area contributed by atoms with Crippen LogP contribution in [0.2, 0.25) is 0 Å². The zero-order valence-electron chi connectivity index (χ0n) is 14.1. The summed E-state index contributed by atoms with van der Waals surface area (Å²) in [5.74, 6) is 0. The van der Waals surface area contributed by atoms with Crippen molar-refractivity contribution in [1.29, 1.82) is 0 Å². The van der Waals surface area contributed by atoms with E-state index in [-0.39, 0.29) is 0 Å². The SMILES string of the molecule is CCCCCCCCCCCCCCCCC=CO[C]=O. The Labute approximate surface area is 132 Å². The minimum Gasteiger partial charge on any atom is -0.426 e. The molecule has 0 aliphatic carbocycles. The first-order valence-corrected chi connectivity index (χ1v) is 9.09. The predicted octanol–water partition coefficient (Wildman–Crippen LogP) is 6.46. The van der Waals surface area contributed by atoms with E-state index >= 15 is 0 Å². The second-order valence-electron chi connectivity index (χ2n) is 5.96. The van der Waals surface area contributed by atoms with E-state index in [0.717, 1.165) is 6.42 Å². The lowest BCUT2D eigenvalue weighted by molar-refractivity contribution is 0.396. The van der Waals surface area contributed by atoms with Crippen LogP contribution in [0.25, 0.3) is 0 Å². The molecule has 0 unspecified atom stereocenters. The van der Waals surface area contributed by atoms with Crippen molar-refractivity contribution in [3.05, 3.63) is 12.3 Å². The van der Waals surface area contributed by atoms with E-state index < -0.39 is 0 Å². The zero-order chi connectivity index (χ0) is 15.4. The Hall–Kier alpha value is -0.790. The summed E-state index contributed by atoms with van der Waals surface area (Å²) in [6.45, 7) is 3.66. The third-order valence-corrected chi connectivity index (χ3v) is 3.94. The summed E-state index contributed by atoms with van der Waals surface area (Å²) in [5.41, 5.74) is 0. The van der Waals surface area contributed by atoms with Crippen LogP contribution >= 0.6 is 0 Å². The van der Waals surface area contributed by atoms with E-state index in [9.17, 15) is 4.79 Å². The largest absolute Gasteiger partial charge is 0.426 e. The second kappa shape index (κ2) is 19.2. The third-order valence-electron chi connectivity index (χ3n) is 3.94. The minimum atomic E-state index is 1.000. The molecule has 0 aliphatic rings. The molecule has 0 bridgehead atoms. The molecule has 123 valence electrons. The van der Waals surface area contributed by atoms with Crippen molar-refractivity contribution < 1.29 is 9.53 Å². The number of ether oxygens (including phenoxy) is 1. The monoisotopic (exact) mass is 295 g/mol. The van der Waals surface area contributed by atoms with Crippen LogP contribution in [0.15, 0.2) is 12.3 Å². The molecule has 2 nitrogen and oxygen atoms in total. The van der Waals surface area contributed by atoms with Crippen molar-refractivity contribution in [2.45, 2.75) is 103 Å². The van der Waals surface area contributed by atoms with Gasteiger partial charge in [0, 0.05) is 0 Å². The molecule has 21 heavy (non-hydrogen) atoms. The molecule has 0 heterocycles. The normalized spacial score (nSPS) is 11.1. The van der Waals surface area contributed by atoms with Gasteiger partial charge in [-0.05, 0) is 18.9 Å². The molecule has 0 atom stereocenters. The number of unbranched alkanes of at least 4 members (excludes halogenated alkanes) is 14. The fourth-order valence-corrected chi connectivity index (χ4v) is 2.60. The summed E-state index contributed by atoms with van der Waals surface area (Å²) in [5, 5.41) is 0. The van der Waals surface area contributed by atoms with Crippen LogP contribution in [0.1, 0.15) is 103 Å². The number of rotatable bonds is 17. The molecule has 0 saturated carbocycles. The maximum Gasteiger partial charge on any atom is 0.422 e. The Bertz CT molecular complexity index is 224. The van der Waals surface area contributed by atoms with E-state index in [2.05, 4.69) is 11.7 Å². The number of hydrogen-bond acceptors (Lipinski definition) is 2. The van der Waals surface area contributed by atoms with Gasteiger partial charge >= 0.3 is 6.47 Å². The Morgan fingerprint density at radius 3 is 1.57 bits per heavy atom. The molecular formula is C19H35O2. The van der Waals surface area contributed by atoms with E-state index in [1.54, 1.807) is 0 Å². The van der Waals surface area contributed by atoms with Crippen molar-refractivity contribution in [2.75, 3.05) is 0 Å². The van der Waals surface area contributed by atoms with E-state index in [0.29, 0.717) is 0 Å². The standard InChI is InChI=1S/C19H35O2/c1-2-3-4-5-6-7-8-9-10-11-12-13-14-15-16-17-18-21-19-20/h17-18H,2-16H2,1H3. The van der Waals surface area contributed by atoms with Crippen molar-refractivity contribution in [3.63, 3.8) is 0 Å². The quantitative estimate of drug-likeness (QED) is 0.227. The van der Waals surface area contributed by atoms with Gasteiger partial charge in [-0.25, -0.2) is 4.79 Å². The number of hydrogen-bond donors (Lipinski definition) is 0. The van der Waals surface area contributed by atoms with Gasteiger partial charge < -0.3 is 4.74 Å². The van der Waals surface area contributed by atoms with Crippen LogP contribution in [0.4, 0.5) is 0 Å². The minimum absolute atomic E-state index is 1.000. The highest BCUT2D eigenvalue weighted by Gasteiger charge is 1.93. The van der Waals surface area contributed by atoms with Crippen molar-refractivity contribution in [1.82, 2.24) is 0 Å². The molecular weight excluding hydrogens is 260 g/mol. The fourth-order valence-electron chi connectivity index (χ4n) is 2.60. The van der Waals surface area contributed by atoms with Gasteiger partial charge in [0.25, 0.3) is 0 Å². The maximum absolute atomic E-state index is 9.77. The molecule has 0 N–H and O–H groups in total. The lowest BCUT2D eigenvalue weighted by Crippen LogP contribution is -1.83. The van der Waals surface area contributed by atoms with E-state index in [4.69, 9.17) is 0 Å². The fraction of sp³-hybridized carbons (Fsp3) is 0.842. The highest BCUT2D eigenvalue weighted by molar-refractivity contribution is 5.39. The molecule has 0 fully saturated rings. The first kappa shape index (κ1) is 20.2. The summed E-state index contributed by atoms with van der Waals surface area (Å²) in [6, 6.07) is 0. The van der Waals surface area contributed by atoms with Gasteiger partial charge in [0.1, 0.15) is 0 Å². The van der Waals surface area contributed by atoms with E-state index in [1.165, 1.54) is 103 Å². The highest BCUT2D eigenvalue weighted by atomic mass is 16.5. The highest BCUT2D eigenvalue weighted by Crippen LogP contribution is 2.13. The summed E-state index contributed by atoms with van der Waals surface area (Å²) in [7, 11) is 0. The van der Waals surface area contributed by atoms with Gasteiger partial charge in [0.2, 0.25) is 0 Å². The zero-order valence-corrected chi connectivity index (χ0v) is 14.1. The molecule has 0 aromatic carbocycles. The second-order valence-corrected chi connectivity index (χ2v) is 5.96. The predicted molar refractivity (Wildman–Crippen MR) is 90.8 cm³/mol. The Morgan fingerprint density at radius 1 is 0.714 bits per heavy atom. The first-order valence-electron chi connectivity index (χ1n) is 9.09. The molecule has 0 saturated heterocycles.